The highest BCUT2D eigenvalue weighted by Crippen LogP contribution is 2.37. The van der Waals surface area contributed by atoms with Gasteiger partial charge in [0.1, 0.15) is 5.69 Å². The summed E-state index contributed by atoms with van der Waals surface area (Å²) in [5.41, 5.74) is 2.26. The average Bonchev–Trinajstić information content (AvgIpc) is 2.25. The lowest BCUT2D eigenvalue weighted by Gasteiger charge is -2.15. The van der Waals surface area contributed by atoms with Crippen LogP contribution >= 0.6 is 0 Å². The molecule has 1 aromatic rings. The number of hydrogen-bond acceptors (Lipinski definition) is 3. The molecule has 3 nitrogen and oxygen atoms in total. The maximum Gasteiger partial charge on any atom is 0.418 e. The molecule has 0 aliphatic carbocycles. The molecule has 96 valence electrons. The smallest absolute Gasteiger partial charge is 0.418 e. The molecule has 0 aromatic carbocycles. The van der Waals surface area contributed by atoms with Crippen LogP contribution in [0, 0.1) is 0 Å². The summed E-state index contributed by atoms with van der Waals surface area (Å²) in [5.74, 6) is -0.323. The van der Waals surface area contributed by atoms with E-state index in [2.05, 4.69) is 9.72 Å². The van der Waals surface area contributed by atoms with Crippen molar-refractivity contribution in [3.8, 4) is 5.88 Å². The minimum atomic E-state index is -4.91. The molecule has 0 bridgehead atoms. The van der Waals surface area contributed by atoms with Crippen molar-refractivity contribution in [3.63, 3.8) is 0 Å². The monoisotopic (exact) mass is 256 g/mol. The predicted octanol–water partition coefficient (Wildman–Crippen LogP) is 2.51. The van der Waals surface area contributed by atoms with Gasteiger partial charge in [-0.2, -0.15) is 13.2 Å². The first-order valence-corrected chi connectivity index (χ1v) is 4.44. The topological polar surface area (TPSA) is 48.1 Å². The van der Waals surface area contributed by atoms with E-state index >= 15 is 0 Å². The molecule has 0 spiro atoms. The summed E-state index contributed by atoms with van der Waals surface area (Å²) in [6.07, 6.45) is -8.25. The van der Waals surface area contributed by atoms with Crippen molar-refractivity contribution in [2.24, 2.45) is 5.73 Å². The third-order valence-corrected chi connectivity index (χ3v) is 2.02. The van der Waals surface area contributed by atoms with Crippen molar-refractivity contribution in [1.82, 2.24) is 4.98 Å². The van der Waals surface area contributed by atoms with Crippen LogP contribution in [-0.4, -0.2) is 12.1 Å². The highest BCUT2D eigenvalue weighted by molar-refractivity contribution is 5.36. The Morgan fingerprint density at radius 1 is 1.41 bits per heavy atom. The second-order valence-electron chi connectivity index (χ2n) is 3.09. The largest absolute Gasteiger partial charge is 0.481 e. The van der Waals surface area contributed by atoms with Gasteiger partial charge in [-0.1, -0.05) is 0 Å². The zero-order valence-corrected chi connectivity index (χ0v) is 8.68. The molecular weight excluding hydrogens is 247 g/mol. The highest BCUT2D eigenvalue weighted by Gasteiger charge is 2.37. The lowest BCUT2D eigenvalue weighted by Crippen LogP contribution is -2.14. The van der Waals surface area contributed by atoms with E-state index in [9.17, 15) is 22.0 Å². The van der Waals surface area contributed by atoms with E-state index < -0.39 is 23.9 Å². The van der Waals surface area contributed by atoms with Crippen LogP contribution in [0.25, 0.3) is 0 Å². The van der Waals surface area contributed by atoms with Crippen LogP contribution in [0.3, 0.4) is 0 Å². The maximum absolute atomic E-state index is 12.5. The molecule has 0 saturated heterocycles. The van der Waals surface area contributed by atoms with Gasteiger partial charge >= 0.3 is 6.18 Å². The Bertz CT molecular complexity index is 405. The first-order chi connectivity index (χ1) is 7.81. The fourth-order valence-electron chi connectivity index (χ4n) is 1.27. The van der Waals surface area contributed by atoms with Gasteiger partial charge in [0.25, 0.3) is 6.43 Å². The molecule has 1 aromatic heterocycles. The summed E-state index contributed by atoms with van der Waals surface area (Å²) in [7, 11) is 1.12. The number of alkyl halides is 5. The van der Waals surface area contributed by atoms with E-state index in [-0.39, 0.29) is 18.0 Å². The van der Waals surface area contributed by atoms with Gasteiger partial charge in [-0.05, 0) is 6.07 Å². The van der Waals surface area contributed by atoms with Crippen molar-refractivity contribution in [3.05, 3.63) is 22.9 Å². The van der Waals surface area contributed by atoms with E-state index in [1.54, 1.807) is 0 Å². The third-order valence-electron chi connectivity index (χ3n) is 2.02. The van der Waals surface area contributed by atoms with Crippen LogP contribution in [0.15, 0.2) is 6.07 Å². The van der Waals surface area contributed by atoms with Crippen LogP contribution in [0.1, 0.15) is 23.2 Å². The number of rotatable bonds is 3. The number of halogens is 5. The fourth-order valence-corrected chi connectivity index (χ4v) is 1.27. The van der Waals surface area contributed by atoms with Gasteiger partial charge in [-0.25, -0.2) is 13.8 Å². The zero-order chi connectivity index (χ0) is 13.2. The van der Waals surface area contributed by atoms with E-state index in [4.69, 9.17) is 5.73 Å². The number of ether oxygens (including phenoxy) is 1. The van der Waals surface area contributed by atoms with Crippen LogP contribution in [0.2, 0.25) is 0 Å². The number of methoxy groups -OCH3 is 1. The molecule has 0 unspecified atom stereocenters. The van der Waals surface area contributed by atoms with Gasteiger partial charge in [0.2, 0.25) is 5.88 Å². The van der Waals surface area contributed by atoms with Crippen molar-refractivity contribution in [1.29, 1.82) is 0 Å². The van der Waals surface area contributed by atoms with Crippen molar-refractivity contribution < 1.29 is 26.7 Å². The molecule has 0 aliphatic rings. The molecule has 0 amide bonds. The van der Waals surface area contributed by atoms with Gasteiger partial charge in [0.15, 0.2) is 0 Å². The zero-order valence-electron chi connectivity index (χ0n) is 8.68. The minimum Gasteiger partial charge on any atom is -0.481 e. The molecule has 1 rings (SSSR count). The molecule has 2 N–H and O–H groups in total. The Morgan fingerprint density at radius 2 is 2.00 bits per heavy atom. The molecule has 0 radical (unpaired) electrons. The van der Waals surface area contributed by atoms with Crippen molar-refractivity contribution >= 4 is 0 Å². The Hall–Kier alpha value is -1.44. The molecule has 1 heterocycles. The number of aromatic nitrogens is 1. The molecule has 8 heteroatoms. The van der Waals surface area contributed by atoms with E-state index in [1.165, 1.54) is 0 Å². The minimum absolute atomic E-state index is 0.0794. The van der Waals surface area contributed by atoms with Crippen LogP contribution < -0.4 is 10.5 Å². The molecule has 0 saturated carbocycles. The normalized spacial score (nSPS) is 12.0. The van der Waals surface area contributed by atoms with Gasteiger partial charge in [0, 0.05) is 12.1 Å². The highest BCUT2D eigenvalue weighted by atomic mass is 19.4. The van der Waals surface area contributed by atoms with Gasteiger partial charge < -0.3 is 10.5 Å². The number of hydrogen-bond donors (Lipinski definition) is 1. The first kappa shape index (κ1) is 13.6. The lowest BCUT2D eigenvalue weighted by molar-refractivity contribution is -0.140. The van der Waals surface area contributed by atoms with Crippen molar-refractivity contribution in [2.45, 2.75) is 19.1 Å². The molecule has 17 heavy (non-hydrogen) atoms. The Labute approximate surface area is 93.4 Å². The predicted molar refractivity (Wildman–Crippen MR) is 48.6 cm³/mol. The third kappa shape index (κ3) is 2.82. The summed E-state index contributed by atoms with van der Waals surface area (Å²) >= 11 is 0. The first-order valence-electron chi connectivity index (χ1n) is 4.44. The summed E-state index contributed by atoms with van der Waals surface area (Å²) in [5, 5.41) is 0. The van der Waals surface area contributed by atoms with Crippen molar-refractivity contribution in [2.75, 3.05) is 7.11 Å². The van der Waals surface area contributed by atoms with Crippen LogP contribution in [0.5, 0.6) is 5.88 Å². The summed E-state index contributed by atoms with van der Waals surface area (Å²) < 4.78 is 67.0. The van der Waals surface area contributed by atoms with Gasteiger partial charge in [0.05, 0.1) is 12.7 Å². The summed E-state index contributed by atoms with van der Waals surface area (Å²) in [4.78, 5) is 3.16. The molecule has 0 fully saturated rings. The maximum atomic E-state index is 12.5. The van der Waals surface area contributed by atoms with E-state index in [0.717, 1.165) is 7.11 Å². The standard InChI is InChI=1S/C9H9F5N2O/c1-17-8-4(3-15)2-5(9(12,13)14)6(16-8)7(10)11/h2,7H,3,15H2,1H3. The van der Waals surface area contributed by atoms with E-state index in [0.29, 0.717) is 6.07 Å². The number of nitrogens with zero attached hydrogens (tertiary/aromatic N) is 1. The second kappa shape index (κ2) is 4.82. The quantitative estimate of drug-likeness (QED) is 0.845. The second-order valence-corrected chi connectivity index (χ2v) is 3.09. The molecular formula is C9H9F5N2O. The van der Waals surface area contributed by atoms with Gasteiger partial charge in [-0.3, -0.25) is 0 Å². The summed E-state index contributed by atoms with van der Waals surface area (Å²) in [6.45, 7) is -0.289. The SMILES string of the molecule is COc1nc(C(F)F)c(C(F)(F)F)cc1CN. The Kier molecular flexibility index (Phi) is 3.87. The number of nitrogens with two attached hydrogens (primary N) is 1. The van der Waals surface area contributed by atoms with E-state index in [1.807, 2.05) is 0 Å². The van der Waals surface area contributed by atoms with Crippen LogP contribution in [-0.2, 0) is 12.7 Å². The fraction of sp³-hybridized carbons (Fsp3) is 0.444. The molecule has 0 atom stereocenters. The van der Waals surface area contributed by atoms with Crippen LogP contribution in [0.4, 0.5) is 22.0 Å². The number of pyridine rings is 1. The Morgan fingerprint density at radius 3 is 2.35 bits per heavy atom. The average molecular weight is 256 g/mol. The molecule has 0 aliphatic heterocycles. The Balaban J connectivity index is 3.46. The van der Waals surface area contributed by atoms with Gasteiger partial charge in [-0.15, -0.1) is 0 Å². The summed E-state index contributed by atoms with van der Waals surface area (Å²) in [6, 6.07) is 0.535. The lowest BCUT2D eigenvalue weighted by atomic mass is 10.1.